The van der Waals surface area contributed by atoms with E-state index in [1.807, 2.05) is 12.2 Å². The van der Waals surface area contributed by atoms with E-state index in [0.29, 0.717) is 6.61 Å². The third kappa shape index (κ3) is 1.58. The molecule has 3 heteroatoms. The highest BCUT2D eigenvalue weighted by atomic mass is 31.1. The highest BCUT2D eigenvalue weighted by Crippen LogP contribution is 2.47. The van der Waals surface area contributed by atoms with Crippen molar-refractivity contribution in [3.63, 3.8) is 0 Å². The standard InChI is InChI=1S/C8H10O2P/c9-11(8-6-10-8)7-4-2-1-3-5-7/h1-2,4,8H,3,5-6H2/q+1. The van der Waals surface area contributed by atoms with Crippen molar-refractivity contribution in [3.05, 3.63) is 23.5 Å². The minimum atomic E-state index is -1.21. The lowest BCUT2D eigenvalue weighted by Crippen LogP contribution is -1.85. The molecule has 11 heavy (non-hydrogen) atoms. The van der Waals surface area contributed by atoms with Gasteiger partial charge in [0.15, 0.2) is 5.31 Å². The average Bonchev–Trinajstić information content (AvgIpc) is 2.87. The summed E-state index contributed by atoms with van der Waals surface area (Å²) in [6.45, 7) is 0.691. The number of allylic oxidation sites excluding steroid dienone is 4. The van der Waals surface area contributed by atoms with Crippen molar-refractivity contribution >= 4 is 7.80 Å². The monoisotopic (exact) mass is 169 g/mol. The zero-order valence-corrected chi connectivity index (χ0v) is 7.09. The quantitative estimate of drug-likeness (QED) is 0.469. The molecule has 0 spiro atoms. The molecule has 0 aromatic heterocycles. The smallest absolute Gasteiger partial charge is 0.325 e. The summed E-state index contributed by atoms with van der Waals surface area (Å²) in [5.74, 6) is 0.0442. The molecule has 2 unspecified atom stereocenters. The van der Waals surface area contributed by atoms with Crippen molar-refractivity contribution in [2.45, 2.75) is 18.7 Å². The third-order valence-corrected chi connectivity index (χ3v) is 3.61. The Balaban J connectivity index is 2.07. The molecule has 1 fully saturated rings. The second-order valence-corrected chi connectivity index (χ2v) is 4.54. The predicted molar refractivity (Wildman–Crippen MR) is 43.8 cm³/mol. The van der Waals surface area contributed by atoms with E-state index in [1.54, 1.807) is 0 Å². The highest BCUT2D eigenvalue weighted by molar-refractivity contribution is 7.50. The molecule has 0 N–H and O–H groups in total. The molecular weight excluding hydrogens is 159 g/mol. The molecular formula is C8H10O2P+. The van der Waals surface area contributed by atoms with Crippen molar-refractivity contribution in [1.29, 1.82) is 0 Å². The first-order valence-electron chi connectivity index (χ1n) is 3.81. The summed E-state index contributed by atoms with van der Waals surface area (Å²) in [6, 6.07) is 0. The van der Waals surface area contributed by atoms with Gasteiger partial charge in [-0.05, 0) is 12.5 Å². The Hall–Kier alpha value is -0.460. The van der Waals surface area contributed by atoms with Crippen molar-refractivity contribution in [2.75, 3.05) is 6.61 Å². The molecule has 0 amide bonds. The third-order valence-electron chi connectivity index (χ3n) is 1.85. The predicted octanol–water partition coefficient (Wildman–Crippen LogP) is 2.40. The lowest BCUT2D eigenvalue weighted by atomic mass is 10.2. The Kier molecular flexibility index (Phi) is 1.89. The first-order chi connectivity index (χ1) is 5.38. The van der Waals surface area contributed by atoms with Crippen LogP contribution in [0, 0.1) is 0 Å². The van der Waals surface area contributed by atoms with Gasteiger partial charge in [-0.15, -0.1) is 0 Å². The summed E-state index contributed by atoms with van der Waals surface area (Å²) < 4.78 is 16.5. The molecule has 58 valence electrons. The SMILES string of the molecule is O=[P+](C1=CC=CCC1)C1CO1. The fourth-order valence-electron chi connectivity index (χ4n) is 1.14. The van der Waals surface area contributed by atoms with E-state index in [-0.39, 0.29) is 5.85 Å². The fraction of sp³-hybridized carbons (Fsp3) is 0.500. The number of rotatable bonds is 2. The first-order valence-corrected chi connectivity index (χ1v) is 5.14. The van der Waals surface area contributed by atoms with Crippen LogP contribution in [0.25, 0.3) is 0 Å². The Morgan fingerprint density at radius 1 is 1.64 bits per heavy atom. The Bertz CT molecular complexity index is 238. The molecule has 1 aliphatic heterocycles. The minimum Gasteiger partial charge on any atom is -0.325 e. The van der Waals surface area contributed by atoms with Crippen LogP contribution in [0.5, 0.6) is 0 Å². The van der Waals surface area contributed by atoms with E-state index in [1.165, 1.54) is 0 Å². The maximum absolute atomic E-state index is 11.5. The van der Waals surface area contributed by atoms with Gasteiger partial charge in [0.25, 0.3) is 5.85 Å². The minimum absolute atomic E-state index is 0.0442. The second-order valence-electron chi connectivity index (χ2n) is 2.74. The number of epoxide rings is 1. The van der Waals surface area contributed by atoms with Gasteiger partial charge >= 0.3 is 7.80 Å². The van der Waals surface area contributed by atoms with Crippen LogP contribution in [0.1, 0.15) is 12.8 Å². The van der Waals surface area contributed by atoms with Crippen molar-refractivity contribution in [2.24, 2.45) is 0 Å². The van der Waals surface area contributed by atoms with Gasteiger partial charge in [-0.2, -0.15) is 0 Å². The molecule has 0 aromatic carbocycles. The Morgan fingerprint density at radius 3 is 3.00 bits per heavy atom. The van der Waals surface area contributed by atoms with Crippen LogP contribution in [0.15, 0.2) is 23.5 Å². The van der Waals surface area contributed by atoms with Crippen LogP contribution >= 0.6 is 7.80 Å². The Labute approximate surface area is 66.7 Å². The molecule has 2 aliphatic rings. The van der Waals surface area contributed by atoms with Gasteiger partial charge in [-0.3, -0.25) is 0 Å². The molecule has 0 radical (unpaired) electrons. The molecule has 0 saturated carbocycles. The van der Waals surface area contributed by atoms with Crippen LogP contribution < -0.4 is 0 Å². The van der Waals surface area contributed by atoms with Crippen LogP contribution in [-0.2, 0) is 9.30 Å². The van der Waals surface area contributed by atoms with Gasteiger partial charge < -0.3 is 4.74 Å². The van der Waals surface area contributed by atoms with Crippen molar-refractivity contribution in [1.82, 2.24) is 0 Å². The largest absolute Gasteiger partial charge is 0.406 e. The molecule has 2 rings (SSSR count). The summed E-state index contributed by atoms with van der Waals surface area (Å²) in [7, 11) is -1.21. The van der Waals surface area contributed by atoms with E-state index in [0.717, 1.165) is 18.2 Å². The zero-order chi connectivity index (χ0) is 7.68. The van der Waals surface area contributed by atoms with Crippen LogP contribution in [-0.4, -0.2) is 12.5 Å². The van der Waals surface area contributed by atoms with Gasteiger partial charge in [0.2, 0.25) is 0 Å². The second kappa shape index (κ2) is 2.88. The number of hydrogen-bond donors (Lipinski definition) is 0. The van der Waals surface area contributed by atoms with E-state index >= 15 is 0 Å². The molecule has 2 nitrogen and oxygen atoms in total. The normalized spacial score (nSPS) is 29.6. The van der Waals surface area contributed by atoms with Gasteiger partial charge in [-0.1, -0.05) is 16.7 Å². The first kappa shape index (κ1) is 7.20. The van der Waals surface area contributed by atoms with Gasteiger partial charge in [0.1, 0.15) is 6.61 Å². The molecule has 1 heterocycles. The lowest BCUT2D eigenvalue weighted by molar-refractivity contribution is 0.450. The molecule has 0 aromatic rings. The molecule has 1 aliphatic carbocycles. The summed E-state index contributed by atoms with van der Waals surface area (Å²) in [5, 5.41) is 1.07. The maximum atomic E-state index is 11.5. The van der Waals surface area contributed by atoms with Gasteiger partial charge in [-0.25, -0.2) is 0 Å². The van der Waals surface area contributed by atoms with Crippen LogP contribution in [0.2, 0.25) is 0 Å². The highest BCUT2D eigenvalue weighted by Gasteiger charge is 2.45. The molecule has 1 saturated heterocycles. The number of hydrogen-bond acceptors (Lipinski definition) is 2. The van der Waals surface area contributed by atoms with Crippen molar-refractivity contribution < 1.29 is 9.30 Å². The maximum Gasteiger partial charge on any atom is 0.406 e. The zero-order valence-electron chi connectivity index (χ0n) is 6.19. The van der Waals surface area contributed by atoms with E-state index < -0.39 is 7.80 Å². The summed E-state index contributed by atoms with van der Waals surface area (Å²) in [4.78, 5) is 0. The van der Waals surface area contributed by atoms with Crippen LogP contribution in [0.3, 0.4) is 0 Å². The fourth-order valence-corrected chi connectivity index (χ4v) is 2.45. The lowest BCUT2D eigenvalue weighted by Gasteiger charge is -1.95. The summed E-state index contributed by atoms with van der Waals surface area (Å²) in [6.07, 6.45) is 8.02. The summed E-state index contributed by atoms with van der Waals surface area (Å²) >= 11 is 0. The molecule has 2 atom stereocenters. The van der Waals surface area contributed by atoms with Crippen LogP contribution in [0.4, 0.5) is 0 Å². The van der Waals surface area contributed by atoms with E-state index in [4.69, 9.17) is 4.74 Å². The van der Waals surface area contributed by atoms with Gasteiger partial charge in [0.05, 0.1) is 0 Å². The topological polar surface area (TPSA) is 29.6 Å². The van der Waals surface area contributed by atoms with Gasteiger partial charge in [0, 0.05) is 6.42 Å². The average molecular weight is 169 g/mol. The molecule has 0 bridgehead atoms. The van der Waals surface area contributed by atoms with E-state index in [2.05, 4.69) is 6.08 Å². The number of ether oxygens (including phenoxy) is 1. The van der Waals surface area contributed by atoms with E-state index in [9.17, 15) is 4.57 Å². The van der Waals surface area contributed by atoms with Crippen molar-refractivity contribution in [3.8, 4) is 0 Å². The summed E-state index contributed by atoms with van der Waals surface area (Å²) in [5.41, 5.74) is 0. The Morgan fingerprint density at radius 2 is 2.45 bits per heavy atom.